The first-order valence-corrected chi connectivity index (χ1v) is 11.0. The predicted octanol–water partition coefficient (Wildman–Crippen LogP) is 4.35. The molecule has 0 bridgehead atoms. The van der Waals surface area contributed by atoms with Gasteiger partial charge in [-0.2, -0.15) is 0 Å². The van der Waals surface area contributed by atoms with Crippen LogP contribution in [0.1, 0.15) is 39.5 Å². The van der Waals surface area contributed by atoms with E-state index in [-0.39, 0.29) is 23.6 Å². The molecule has 5 heteroatoms. The Bertz CT molecular complexity index is 1190. The summed E-state index contributed by atoms with van der Waals surface area (Å²) in [6.45, 7) is 1.63. The van der Waals surface area contributed by atoms with Gasteiger partial charge >= 0.3 is 5.97 Å². The maximum atomic E-state index is 12.7. The summed E-state index contributed by atoms with van der Waals surface area (Å²) < 4.78 is 5.46. The Labute approximate surface area is 193 Å². The molecule has 5 nitrogen and oxygen atoms in total. The van der Waals surface area contributed by atoms with Crippen molar-refractivity contribution in [3.05, 3.63) is 113 Å². The Balaban J connectivity index is 1.32. The Morgan fingerprint density at radius 1 is 0.879 bits per heavy atom. The molecular formula is C28H25NO4. The van der Waals surface area contributed by atoms with Crippen LogP contribution in [0, 0.1) is 5.92 Å². The average Bonchev–Trinajstić information content (AvgIpc) is 3.27. The molecule has 4 rings (SSSR count). The lowest BCUT2D eigenvalue weighted by Gasteiger charge is -2.16. The summed E-state index contributed by atoms with van der Waals surface area (Å²) in [7, 11) is 0. The van der Waals surface area contributed by atoms with E-state index in [4.69, 9.17) is 4.74 Å². The van der Waals surface area contributed by atoms with Crippen LogP contribution in [-0.2, 0) is 27.2 Å². The molecule has 2 unspecified atom stereocenters. The van der Waals surface area contributed by atoms with Gasteiger partial charge in [-0.25, -0.2) is 0 Å². The van der Waals surface area contributed by atoms with E-state index >= 15 is 0 Å². The molecule has 1 aliphatic rings. The highest BCUT2D eigenvalue weighted by molar-refractivity contribution is 6.09. The van der Waals surface area contributed by atoms with Crippen LogP contribution in [0.4, 0.5) is 0 Å². The van der Waals surface area contributed by atoms with Gasteiger partial charge in [0.05, 0.1) is 5.92 Å². The van der Waals surface area contributed by atoms with Gasteiger partial charge < -0.3 is 10.1 Å². The Kier molecular flexibility index (Phi) is 6.79. The molecule has 33 heavy (non-hydrogen) atoms. The molecule has 1 aliphatic carbocycles. The molecular weight excluding hydrogens is 414 g/mol. The standard InChI is InChI=1S/C28H25NO4/c1-19(29-26(30)15-12-20-8-4-2-5-9-20)33-28(32)25-16-22-13-14-23(17-24(22)18-25)27(31)21-10-6-3-7-11-21/h2-15,17,19,25H,16,18H2,1H3,(H,29,30)/b15-12+. The third-order valence-electron chi connectivity index (χ3n) is 5.64. The summed E-state index contributed by atoms with van der Waals surface area (Å²) in [5.74, 6) is -1.06. The molecule has 1 N–H and O–H groups in total. The van der Waals surface area contributed by atoms with Crippen LogP contribution in [0.2, 0.25) is 0 Å². The minimum atomic E-state index is -0.746. The second kappa shape index (κ2) is 10.1. The highest BCUT2D eigenvalue weighted by Gasteiger charge is 2.30. The van der Waals surface area contributed by atoms with Crippen LogP contribution in [0.5, 0.6) is 0 Å². The quantitative estimate of drug-likeness (QED) is 0.257. The van der Waals surface area contributed by atoms with Gasteiger partial charge in [0.15, 0.2) is 12.0 Å². The van der Waals surface area contributed by atoms with Crippen molar-refractivity contribution in [3.63, 3.8) is 0 Å². The maximum absolute atomic E-state index is 12.7. The lowest BCUT2D eigenvalue weighted by molar-refractivity contribution is -0.155. The highest BCUT2D eigenvalue weighted by Crippen LogP contribution is 2.29. The number of carbonyl (C=O) groups is 3. The molecule has 3 aromatic carbocycles. The second-order valence-corrected chi connectivity index (χ2v) is 8.12. The normalized spacial score (nSPS) is 15.6. The van der Waals surface area contributed by atoms with Crippen LogP contribution >= 0.6 is 0 Å². The van der Waals surface area contributed by atoms with Gasteiger partial charge in [0.2, 0.25) is 5.91 Å². The molecule has 166 valence electrons. The predicted molar refractivity (Wildman–Crippen MR) is 126 cm³/mol. The first-order valence-electron chi connectivity index (χ1n) is 11.0. The lowest BCUT2D eigenvalue weighted by Crippen LogP contribution is -2.36. The molecule has 0 aliphatic heterocycles. The van der Waals surface area contributed by atoms with Gasteiger partial charge in [-0.05, 0) is 48.6 Å². The zero-order chi connectivity index (χ0) is 23.2. The largest absolute Gasteiger partial charge is 0.442 e. The van der Waals surface area contributed by atoms with Gasteiger partial charge in [0.25, 0.3) is 0 Å². The summed E-state index contributed by atoms with van der Waals surface area (Å²) in [6.07, 6.45) is 3.44. The fourth-order valence-electron chi connectivity index (χ4n) is 3.97. The summed E-state index contributed by atoms with van der Waals surface area (Å²) in [5, 5.41) is 2.65. The fraction of sp³-hybridized carbons (Fsp3) is 0.179. The highest BCUT2D eigenvalue weighted by atomic mass is 16.6. The molecule has 0 radical (unpaired) electrons. The topological polar surface area (TPSA) is 72.5 Å². The van der Waals surface area contributed by atoms with Crippen molar-refractivity contribution in [1.82, 2.24) is 5.32 Å². The van der Waals surface area contributed by atoms with E-state index in [0.29, 0.717) is 24.0 Å². The number of nitrogens with one attached hydrogen (secondary N) is 1. The van der Waals surface area contributed by atoms with E-state index in [1.54, 1.807) is 25.1 Å². The van der Waals surface area contributed by atoms with Crippen LogP contribution < -0.4 is 5.32 Å². The van der Waals surface area contributed by atoms with E-state index < -0.39 is 6.23 Å². The number of rotatable bonds is 7. The Hall–Kier alpha value is -3.99. The van der Waals surface area contributed by atoms with Gasteiger partial charge in [-0.3, -0.25) is 14.4 Å². The zero-order valence-electron chi connectivity index (χ0n) is 18.4. The van der Waals surface area contributed by atoms with Crippen LogP contribution in [-0.4, -0.2) is 23.9 Å². The molecule has 0 aromatic heterocycles. The van der Waals surface area contributed by atoms with Gasteiger partial charge in [-0.1, -0.05) is 72.8 Å². The first kappa shape index (κ1) is 22.2. The van der Waals surface area contributed by atoms with E-state index in [1.165, 1.54) is 6.08 Å². The summed E-state index contributed by atoms with van der Waals surface area (Å²) in [5.41, 5.74) is 4.19. The van der Waals surface area contributed by atoms with E-state index in [1.807, 2.05) is 66.7 Å². The molecule has 0 heterocycles. The monoisotopic (exact) mass is 439 g/mol. The SMILES string of the molecule is CC(NC(=O)/C=C/c1ccccc1)OC(=O)C1Cc2ccc(C(=O)c3ccccc3)cc2C1. The van der Waals surface area contributed by atoms with Gasteiger partial charge in [0.1, 0.15) is 0 Å². The smallest absolute Gasteiger partial charge is 0.311 e. The van der Waals surface area contributed by atoms with Crippen molar-refractivity contribution < 1.29 is 19.1 Å². The van der Waals surface area contributed by atoms with Crippen molar-refractivity contribution >= 4 is 23.7 Å². The van der Waals surface area contributed by atoms with Crippen LogP contribution in [0.3, 0.4) is 0 Å². The summed E-state index contributed by atoms with van der Waals surface area (Å²) >= 11 is 0. The molecule has 0 fully saturated rings. The number of hydrogen-bond acceptors (Lipinski definition) is 4. The molecule has 0 saturated heterocycles. The number of hydrogen-bond donors (Lipinski definition) is 1. The van der Waals surface area contributed by atoms with E-state index in [0.717, 1.165) is 16.7 Å². The van der Waals surface area contributed by atoms with Crippen LogP contribution in [0.25, 0.3) is 6.08 Å². The molecule has 3 aromatic rings. The minimum absolute atomic E-state index is 0.0377. The molecule has 1 amide bonds. The number of ether oxygens (including phenoxy) is 1. The second-order valence-electron chi connectivity index (χ2n) is 8.12. The third kappa shape index (κ3) is 5.63. The number of carbonyl (C=O) groups excluding carboxylic acids is 3. The van der Waals surface area contributed by atoms with Gasteiger partial charge in [0, 0.05) is 17.2 Å². The van der Waals surface area contributed by atoms with Crippen LogP contribution in [0.15, 0.2) is 84.9 Å². The molecule has 0 saturated carbocycles. The summed E-state index contributed by atoms with van der Waals surface area (Å²) in [6, 6.07) is 24.2. The minimum Gasteiger partial charge on any atom is -0.442 e. The van der Waals surface area contributed by atoms with E-state index in [9.17, 15) is 14.4 Å². The van der Waals surface area contributed by atoms with Gasteiger partial charge in [-0.15, -0.1) is 0 Å². The maximum Gasteiger partial charge on any atom is 0.311 e. The van der Waals surface area contributed by atoms with Crippen molar-refractivity contribution in [1.29, 1.82) is 0 Å². The van der Waals surface area contributed by atoms with Crippen molar-refractivity contribution in [2.75, 3.05) is 0 Å². The fourth-order valence-corrected chi connectivity index (χ4v) is 3.97. The number of fused-ring (bicyclic) bond motifs is 1. The number of benzene rings is 3. The van der Waals surface area contributed by atoms with E-state index in [2.05, 4.69) is 5.32 Å². The average molecular weight is 440 g/mol. The summed E-state index contributed by atoms with van der Waals surface area (Å²) in [4.78, 5) is 37.5. The third-order valence-corrected chi connectivity index (χ3v) is 5.64. The number of ketones is 1. The Morgan fingerprint density at radius 2 is 1.55 bits per heavy atom. The molecule has 2 atom stereocenters. The number of amides is 1. The number of esters is 1. The van der Waals surface area contributed by atoms with Crippen molar-refractivity contribution in [2.24, 2.45) is 5.92 Å². The first-order chi connectivity index (χ1) is 16.0. The Morgan fingerprint density at radius 3 is 2.27 bits per heavy atom. The lowest BCUT2D eigenvalue weighted by atomic mass is 9.99. The van der Waals surface area contributed by atoms with Crippen molar-refractivity contribution in [2.45, 2.75) is 26.0 Å². The molecule has 0 spiro atoms. The van der Waals surface area contributed by atoms with Crippen molar-refractivity contribution in [3.8, 4) is 0 Å². The zero-order valence-corrected chi connectivity index (χ0v) is 18.4.